The summed E-state index contributed by atoms with van der Waals surface area (Å²) >= 11 is 5.50. The highest BCUT2D eigenvalue weighted by Gasteiger charge is 2.29. The van der Waals surface area contributed by atoms with Crippen molar-refractivity contribution in [2.24, 2.45) is 0 Å². The molecular formula is C15H17BrS. The lowest BCUT2D eigenvalue weighted by molar-refractivity contribution is 0.465. The first kappa shape index (κ1) is 12.8. The minimum absolute atomic E-state index is 0.225. The summed E-state index contributed by atoms with van der Waals surface area (Å²) in [4.78, 5) is 0. The van der Waals surface area contributed by atoms with Crippen molar-refractivity contribution in [3.8, 4) is 0 Å². The molecule has 0 saturated heterocycles. The van der Waals surface area contributed by atoms with E-state index in [0.29, 0.717) is 0 Å². The van der Waals surface area contributed by atoms with Crippen LogP contribution in [0.1, 0.15) is 24.5 Å². The van der Waals surface area contributed by atoms with E-state index in [9.17, 15) is 0 Å². The van der Waals surface area contributed by atoms with E-state index >= 15 is 0 Å². The topological polar surface area (TPSA) is 0 Å². The standard InChI is InChI=1S/C15H17BrS/c1-2-15(12-16,10-13-8-9-17-11-13)14-6-4-3-5-7-14/h3-9,11H,2,10,12H2,1H3. The van der Waals surface area contributed by atoms with E-state index < -0.39 is 0 Å². The summed E-state index contributed by atoms with van der Waals surface area (Å²) in [6.07, 6.45) is 2.26. The van der Waals surface area contributed by atoms with Gasteiger partial charge in [-0.05, 0) is 40.8 Å². The average molecular weight is 309 g/mol. The second kappa shape index (κ2) is 5.83. The van der Waals surface area contributed by atoms with E-state index in [1.165, 1.54) is 11.1 Å². The molecule has 0 aliphatic heterocycles. The molecule has 2 rings (SSSR count). The number of hydrogen-bond acceptors (Lipinski definition) is 1. The van der Waals surface area contributed by atoms with Gasteiger partial charge in [-0.25, -0.2) is 0 Å². The SMILES string of the molecule is CCC(CBr)(Cc1ccsc1)c1ccccc1. The first-order chi connectivity index (χ1) is 8.30. The first-order valence-corrected chi connectivity index (χ1v) is 8.00. The van der Waals surface area contributed by atoms with Gasteiger partial charge in [-0.2, -0.15) is 11.3 Å². The maximum Gasteiger partial charge on any atom is 0.0132 e. The molecule has 0 radical (unpaired) electrons. The fourth-order valence-electron chi connectivity index (χ4n) is 2.23. The molecule has 0 spiro atoms. The molecule has 0 fully saturated rings. The molecule has 0 aliphatic carbocycles. The van der Waals surface area contributed by atoms with E-state index in [2.05, 4.69) is 70.0 Å². The highest BCUT2D eigenvalue weighted by atomic mass is 79.9. The van der Waals surface area contributed by atoms with Gasteiger partial charge in [0.25, 0.3) is 0 Å². The highest BCUT2D eigenvalue weighted by Crippen LogP contribution is 2.34. The predicted molar refractivity (Wildman–Crippen MR) is 80.2 cm³/mol. The maximum atomic E-state index is 3.72. The van der Waals surface area contributed by atoms with Crippen molar-refractivity contribution >= 4 is 27.3 Å². The Labute approximate surface area is 116 Å². The van der Waals surface area contributed by atoms with Crippen LogP contribution in [0.5, 0.6) is 0 Å². The van der Waals surface area contributed by atoms with Gasteiger partial charge in [-0.3, -0.25) is 0 Å². The van der Waals surface area contributed by atoms with Crippen LogP contribution in [0.2, 0.25) is 0 Å². The molecule has 0 N–H and O–H groups in total. The zero-order valence-electron chi connectivity index (χ0n) is 10.0. The Balaban J connectivity index is 2.32. The lowest BCUT2D eigenvalue weighted by Crippen LogP contribution is -2.29. The van der Waals surface area contributed by atoms with Crippen molar-refractivity contribution in [2.75, 3.05) is 5.33 Å². The van der Waals surface area contributed by atoms with Crippen molar-refractivity contribution in [3.63, 3.8) is 0 Å². The van der Waals surface area contributed by atoms with Crippen LogP contribution in [-0.4, -0.2) is 5.33 Å². The quantitative estimate of drug-likeness (QED) is 0.679. The molecule has 0 aliphatic rings. The summed E-state index contributed by atoms with van der Waals surface area (Å²) in [5.41, 5.74) is 3.10. The molecular weight excluding hydrogens is 292 g/mol. The van der Waals surface area contributed by atoms with Gasteiger partial charge in [-0.1, -0.05) is 53.2 Å². The Morgan fingerprint density at radius 1 is 1.18 bits per heavy atom. The normalized spacial score (nSPS) is 14.5. The Morgan fingerprint density at radius 3 is 2.47 bits per heavy atom. The Kier molecular flexibility index (Phi) is 4.41. The Hall–Kier alpha value is -0.600. The minimum atomic E-state index is 0.225. The monoisotopic (exact) mass is 308 g/mol. The number of benzene rings is 1. The summed E-state index contributed by atoms with van der Waals surface area (Å²) in [7, 11) is 0. The summed E-state index contributed by atoms with van der Waals surface area (Å²) in [5, 5.41) is 5.43. The van der Waals surface area contributed by atoms with Gasteiger partial charge in [0.1, 0.15) is 0 Å². The van der Waals surface area contributed by atoms with Crippen LogP contribution in [0.15, 0.2) is 47.2 Å². The van der Waals surface area contributed by atoms with Crippen LogP contribution in [0, 0.1) is 0 Å². The zero-order valence-corrected chi connectivity index (χ0v) is 12.4. The third-order valence-corrected chi connectivity index (χ3v) is 5.25. The van der Waals surface area contributed by atoms with E-state index in [0.717, 1.165) is 18.2 Å². The van der Waals surface area contributed by atoms with Crippen LogP contribution in [-0.2, 0) is 11.8 Å². The van der Waals surface area contributed by atoms with E-state index in [4.69, 9.17) is 0 Å². The molecule has 90 valence electrons. The number of hydrogen-bond donors (Lipinski definition) is 0. The van der Waals surface area contributed by atoms with Crippen LogP contribution in [0.3, 0.4) is 0 Å². The molecule has 0 bridgehead atoms. The fourth-order valence-corrected chi connectivity index (χ4v) is 3.81. The zero-order chi connectivity index (χ0) is 12.1. The van der Waals surface area contributed by atoms with Gasteiger partial charge in [0.2, 0.25) is 0 Å². The molecule has 1 aromatic carbocycles. The predicted octanol–water partition coefficient (Wildman–Crippen LogP) is 5.03. The van der Waals surface area contributed by atoms with Gasteiger partial charge in [0.05, 0.1) is 0 Å². The minimum Gasteiger partial charge on any atom is -0.152 e. The summed E-state index contributed by atoms with van der Waals surface area (Å²) in [6.45, 7) is 2.28. The number of thiophene rings is 1. The van der Waals surface area contributed by atoms with Crippen LogP contribution >= 0.6 is 27.3 Å². The van der Waals surface area contributed by atoms with Crippen LogP contribution < -0.4 is 0 Å². The van der Waals surface area contributed by atoms with E-state index in [1.54, 1.807) is 11.3 Å². The Bertz CT molecular complexity index is 429. The molecule has 0 amide bonds. The van der Waals surface area contributed by atoms with Gasteiger partial charge < -0.3 is 0 Å². The third kappa shape index (κ3) is 2.80. The van der Waals surface area contributed by atoms with Gasteiger partial charge >= 0.3 is 0 Å². The van der Waals surface area contributed by atoms with Gasteiger partial charge in [0, 0.05) is 10.7 Å². The van der Waals surface area contributed by atoms with Gasteiger partial charge in [0.15, 0.2) is 0 Å². The molecule has 0 nitrogen and oxygen atoms in total. The lowest BCUT2D eigenvalue weighted by atomic mass is 9.76. The van der Waals surface area contributed by atoms with Crippen molar-refractivity contribution < 1.29 is 0 Å². The first-order valence-electron chi connectivity index (χ1n) is 5.93. The molecule has 1 atom stereocenters. The second-order valence-corrected chi connectivity index (χ2v) is 5.78. The molecule has 1 heterocycles. The fraction of sp³-hybridized carbons (Fsp3) is 0.333. The molecule has 17 heavy (non-hydrogen) atoms. The third-order valence-electron chi connectivity index (χ3n) is 3.44. The smallest absolute Gasteiger partial charge is 0.0132 e. The average Bonchev–Trinajstić information content (AvgIpc) is 2.90. The maximum absolute atomic E-state index is 3.72. The van der Waals surface area contributed by atoms with Crippen LogP contribution in [0.4, 0.5) is 0 Å². The summed E-state index contributed by atoms with van der Waals surface area (Å²) in [5.74, 6) is 0. The van der Waals surface area contributed by atoms with Crippen molar-refractivity contribution in [3.05, 3.63) is 58.3 Å². The van der Waals surface area contributed by atoms with Crippen LogP contribution in [0.25, 0.3) is 0 Å². The molecule has 1 aromatic heterocycles. The number of halogens is 1. The lowest BCUT2D eigenvalue weighted by Gasteiger charge is -2.31. The Morgan fingerprint density at radius 2 is 1.94 bits per heavy atom. The van der Waals surface area contributed by atoms with Crippen molar-refractivity contribution in [2.45, 2.75) is 25.2 Å². The molecule has 2 heteroatoms. The van der Waals surface area contributed by atoms with E-state index in [1.807, 2.05) is 0 Å². The largest absolute Gasteiger partial charge is 0.152 e. The second-order valence-electron chi connectivity index (χ2n) is 4.44. The highest BCUT2D eigenvalue weighted by molar-refractivity contribution is 9.09. The molecule has 2 aromatic rings. The number of rotatable bonds is 5. The molecule has 1 unspecified atom stereocenters. The molecule has 0 saturated carbocycles. The summed E-state index contributed by atoms with van der Waals surface area (Å²) < 4.78 is 0. The summed E-state index contributed by atoms with van der Waals surface area (Å²) in [6, 6.07) is 13.1. The van der Waals surface area contributed by atoms with Gasteiger partial charge in [-0.15, -0.1) is 0 Å². The van der Waals surface area contributed by atoms with E-state index in [-0.39, 0.29) is 5.41 Å². The van der Waals surface area contributed by atoms with Crippen molar-refractivity contribution in [1.29, 1.82) is 0 Å². The number of alkyl halides is 1. The van der Waals surface area contributed by atoms with Crippen molar-refractivity contribution in [1.82, 2.24) is 0 Å².